The number of aryl methyl sites for hydroxylation is 2. The number of unbranched alkanes of at least 4 members (excludes halogenated alkanes) is 3. The first-order chi connectivity index (χ1) is 20.6. The van der Waals surface area contributed by atoms with E-state index in [1.807, 2.05) is 32.1 Å². The van der Waals surface area contributed by atoms with Crippen molar-refractivity contribution in [2.24, 2.45) is 0 Å². The van der Waals surface area contributed by atoms with Crippen molar-refractivity contribution in [2.45, 2.75) is 77.0 Å². The Balaban J connectivity index is 0.00000237. The average Bonchev–Trinajstić information content (AvgIpc) is 3.40. The molecule has 0 aromatic heterocycles. The smallest absolute Gasteiger partial charge is 0.215 e. The summed E-state index contributed by atoms with van der Waals surface area (Å²) in [6, 6.07) is 11.9. The first-order valence-corrected chi connectivity index (χ1v) is 15.7. The van der Waals surface area contributed by atoms with Gasteiger partial charge in [-0.25, -0.2) is 0 Å². The molecule has 0 bridgehead atoms. The molecule has 1 amide bonds. The molecule has 1 aliphatic carbocycles. The van der Waals surface area contributed by atoms with E-state index in [4.69, 9.17) is 14.6 Å². The number of benzene rings is 2. The number of nitrogens with zero attached hydrogens (tertiary/aromatic N) is 1. The number of aliphatic hydroxyl groups is 1. The standard InChI is InChI=1S/C34H41NO4S.CH4O/c1-5-7-8-11-19-39-31-18-17-28(20-24(31)3)33-30(22-36)35(23-37)34(40-33)32(38-4)25(6-2)21-27-15-12-14-26-13-9-10-16-29(26)27;1-2/h6,10,12,14-18,20,22-23,30,33H,5,7-9,11,13,19,21H2,1-4H3;2H,1H3/b25-6-,34-32-;. The third-order valence-corrected chi connectivity index (χ3v) is 9.14. The number of hydrogen-bond donors (Lipinski definition) is 1. The van der Waals surface area contributed by atoms with Crippen LogP contribution in [0.2, 0.25) is 0 Å². The summed E-state index contributed by atoms with van der Waals surface area (Å²) >= 11 is 1.51. The number of carbonyl (C=O) groups excluding carboxylic acids is 2. The van der Waals surface area contributed by atoms with Gasteiger partial charge in [0.05, 0.1) is 19.0 Å². The molecular weight excluding hydrogens is 546 g/mol. The number of amides is 1. The van der Waals surface area contributed by atoms with Gasteiger partial charge >= 0.3 is 0 Å². The van der Waals surface area contributed by atoms with E-state index < -0.39 is 6.04 Å². The van der Waals surface area contributed by atoms with Crippen molar-refractivity contribution in [1.29, 1.82) is 0 Å². The molecule has 2 aromatic carbocycles. The van der Waals surface area contributed by atoms with Crippen molar-refractivity contribution in [3.63, 3.8) is 0 Å². The van der Waals surface area contributed by atoms with Gasteiger partial charge < -0.3 is 19.4 Å². The number of methoxy groups -OCH3 is 1. The van der Waals surface area contributed by atoms with Gasteiger partial charge in [0.25, 0.3) is 0 Å². The lowest BCUT2D eigenvalue weighted by molar-refractivity contribution is -0.122. The van der Waals surface area contributed by atoms with Crippen LogP contribution in [0.3, 0.4) is 0 Å². The van der Waals surface area contributed by atoms with Crippen LogP contribution in [0.5, 0.6) is 5.75 Å². The summed E-state index contributed by atoms with van der Waals surface area (Å²) in [4.78, 5) is 26.3. The Labute approximate surface area is 255 Å². The summed E-state index contributed by atoms with van der Waals surface area (Å²) < 4.78 is 12.0. The van der Waals surface area contributed by atoms with Gasteiger partial charge in [0.1, 0.15) is 23.1 Å². The number of aldehydes is 1. The zero-order chi connectivity index (χ0) is 30.5. The maximum atomic E-state index is 12.4. The van der Waals surface area contributed by atoms with Crippen LogP contribution < -0.4 is 4.74 Å². The van der Waals surface area contributed by atoms with Gasteiger partial charge in [0.15, 0.2) is 5.76 Å². The molecule has 2 aliphatic rings. The predicted octanol–water partition coefficient (Wildman–Crippen LogP) is 7.34. The molecule has 2 atom stereocenters. The maximum Gasteiger partial charge on any atom is 0.215 e. The topological polar surface area (TPSA) is 76.1 Å². The van der Waals surface area contributed by atoms with Crippen LogP contribution in [0.15, 0.2) is 64.9 Å². The summed E-state index contributed by atoms with van der Waals surface area (Å²) in [6.45, 7) is 6.92. The molecule has 0 radical (unpaired) electrons. The summed E-state index contributed by atoms with van der Waals surface area (Å²) in [7, 11) is 2.63. The SMILES string of the molecule is C/C=C(Cc1cccc2c1C=CCC2)\C(OC)=C1\SC(c2ccc(OCCCCCC)c(C)c2)C(C=O)N1C=O.CO. The fraction of sp³-hybridized carbons (Fsp3) is 0.429. The monoisotopic (exact) mass is 591 g/mol. The molecule has 1 heterocycles. The van der Waals surface area contributed by atoms with Gasteiger partial charge in [0, 0.05) is 13.5 Å². The van der Waals surface area contributed by atoms with Crippen LogP contribution >= 0.6 is 11.8 Å². The number of rotatable bonds is 13. The fourth-order valence-electron chi connectivity index (χ4n) is 5.51. The van der Waals surface area contributed by atoms with E-state index in [1.54, 1.807) is 7.11 Å². The minimum absolute atomic E-state index is 0.245. The predicted molar refractivity (Wildman–Crippen MR) is 172 cm³/mol. The van der Waals surface area contributed by atoms with E-state index in [0.29, 0.717) is 23.8 Å². The van der Waals surface area contributed by atoms with Crippen molar-refractivity contribution in [3.8, 4) is 5.75 Å². The molecular formula is C35H45NO5S. The van der Waals surface area contributed by atoms with E-state index in [9.17, 15) is 9.59 Å². The molecule has 1 fully saturated rings. The Morgan fingerprint density at radius 1 is 1.14 bits per heavy atom. The third kappa shape index (κ3) is 7.75. The van der Waals surface area contributed by atoms with Crippen molar-refractivity contribution < 1.29 is 24.2 Å². The molecule has 1 saturated heterocycles. The maximum absolute atomic E-state index is 12.4. The molecule has 6 nitrogen and oxygen atoms in total. The number of hydrogen-bond acceptors (Lipinski definition) is 6. The summed E-state index contributed by atoms with van der Waals surface area (Å²) in [5, 5.41) is 7.42. The molecule has 42 heavy (non-hydrogen) atoms. The Morgan fingerprint density at radius 2 is 1.95 bits per heavy atom. The molecule has 2 unspecified atom stereocenters. The quantitative estimate of drug-likeness (QED) is 0.149. The van der Waals surface area contributed by atoms with Crippen LogP contribution in [0, 0.1) is 6.92 Å². The lowest BCUT2D eigenvalue weighted by atomic mass is 9.90. The van der Waals surface area contributed by atoms with Crippen LogP contribution in [0.1, 0.15) is 79.0 Å². The van der Waals surface area contributed by atoms with Crippen molar-refractivity contribution >= 4 is 30.5 Å². The lowest BCUT2D eigenvalue weighted by Gasteiger charge is -2.22. The lowest BCUT2D eigenvalue weighted by Crippen LogP contribution is -2.32. The zero-order valence-corrected chi connectivity index (χ0v) is 26.4. The number of carbonyl (C=O) groups is 2. The first-order valence-electron chi connectivity index (χ1n) is 14.8. The normalized spacial score (nSPS) is 19.0. The van der Waals surface area contributed by atoms with Crippen molar-refractivity contribution in [1.82, 2.24) is 4.90 Å². The van der Waals surface area contributed by atoms with Gasteiger partial charge in [-0.15, -0.1) is 0 Å². The molecule has 0 spiro atoms. The second-order valence-electron chi connectivity index (χ2n) is 10.4. The van der Waals surface area contributed by atoms with Gasteiger partial charge in [-0.3, -0.25) is 9.69 Å². The number of fused-ring (bicyclic) bond motifs is 1. The highest BCUT2D eigenvalue weighted by Gasteiger charge is 2.41. The van der Waals surface area contributed by atoms with Crippen molar-refractivity contribution in [2.75, 3.05) is 20.8 Å². The average molecular weight is 592 g/mol. The van der Waals surface area contributed by atoms with E-state index in [2.05, 4.69) is 43.3 Å². The van der Waals surface area contributed by atoms with Crippen LogP contribution in [-0.2, 0) is 27.2 Å². The highest BCUT2D eigenvalue weighted by molar-refractivity contribution is 8.03. The molecule has 2 aromatic rings. The van der Waals surface area contributed by atoms with Gasteiger partial charge in [-0.2, -0.15) is 0 Å². The van der Waals surface area contributed by atoms with E-state index in [0.717, 1.165) is 61.5 Å². The Hall–Kier alpha value is -3.29. The summed E-state index contributed by atoms with van der Waals surface area (Å²) in [5.41, 5.74) is 6.85. The van der Waals surface area contributed by atoms with Gasteiger partial charge in [-0.05, 0) is 72.6 Å². The second-order valence-corrected chi connectivity index (χ2v) is 11.5. The number of ether oxygens (including phenoxy) is 2. The van der Waals surface area contributed by atoms with Crippen molar-refractivity contribution in [3.05, 3.63) is 92.7 Å². The van der Waals surface area contributed by atoms with Crippen LogP contribution in [0.25, 0.3) is 6.08 Å². The highest BCUT2D eigenvalue weighted by Crippen LogP contribution is 2.50. The molecule has 0 saturated carbocycles. The Kier molecular flexibility index (Phi) is 13.4. The van der Waals surface area contributed by atoms with E-state index >= 15 is 0 Å². The minimum Gasteiger partial charge on any atom is -0.494 e. The molecule has 4 rings (SSSR count). The summed E-state index contributed by atoms with van der Waals surface area (Å²) in [5.74, 6) is 1.50. The molecule has 7 heteroatoms. The Morgan fingerprint density at radius 3 is 2.62 bits per heavy atom. The Bertz CT molecular complexity index is 1300. The molecule has 226 valence electrons. The number of allylic oxidation sites excluding steroid dienone is 3. The third-order valence-electron chi connectivity index (χ3n) is 7.71. The largest absolute Gasteiger partial charge is 0.494 e. The molecule has 1 N–H and O–H groups in total. The fourth-order valence-corrected chi connectivity index (χ4v) is 6.98. The highest BCUT2D eigenvalue weighted by atomic mass is 32.2. The number of thioether (sulfide) groups is 1. The van der Waals surface area contributed by atoms with Crippen LogP contribution in [-0.4, -0.2) is 49.6 Å². The summed E-state index contributed by atoms with van der Waals surface area (Å²) in [6.07, 6.45) is 15.5. The molecule has 1 aliphatic heterocycles. The van der Waals surface area contributed by atoms with Gasteiger partial charge in [-0.1, -0.05) is 86.5 Å². The first kappa shape index (κ1) is 33.2. The minimum atomic E-state index is -0.631. The van der Waals surface area contributed by atoms with Gasteiger partial charge in [0.2, 0.25) is 6.41 Å². The van der Waals surface area contributed by atoms with E-state index in [1.165, 1.54) is 52.6 Å². The number of aliphatic hydroxyl groups excluding tert-OH is 1. The second kappa shape index (κ2) is 17.0. The van der Waals surface area contributed by atoms with Crippen LogP contribution in [0.4, 0.5) is 0 Å². The zero-order valence-electron chi connectivity index (χ0n) is 25.6. The van der Waals surface area contributed by atoms with E-state index in [-0.39, 0.29) is 5.25 Å².